The first-order valence-corrected chi connectivity index (χ1v) is 8.67. The van der Waals surface area contributed by atoms with E-state index in [1.54, 1.807) is 12.3 Å². The molecule has 1 aliphatic carbocycles. The van der Waals surface area contributed by atoms with E-state index in [-0.39, 0.29) is 11.5 Å². The number of hydrogen-bond acceptors (Lipinski definition) is 3. The zero-order valence-corrected chi connectivity index (χ0v) is 13.9. The van der Waals surface area contributed by atoms with Gasteiger partial charge in [0.05, 0.1) is 16.6 Å². The molecule has 0 radical (unpaired) electrons. The Morgan fingerprint density at radius 2 is 2.08 bits per heavy atom. The highest BCUT2D eigenvalue weighted by Gasteiger charge is 2.39. The predicted molar refractivity (Wildman–Crippen MR) is 93.9 cm³/mol. The normalized spacial score (nSPS) is 16.6. The minimum absolute atomic E-state index is 0.00924. The number of nitriles is 1. The molecule has 6 heteroatoms. The highest BCUT2D eigenvalue weighted by molar-refractivity contribution is 6.09. The third-order valence-electron chi connectivity index (χ3n) is 5.21. The van der Waals surface area contributed by atoms with Crippen LogP contribution in [0, 0.1) is 17.1 Å². The Morgan fingerprint density at radius 1 is 1.23 bits per heavy atom. The number of carbonyl (C=O) groups excluding carboxylic acids is 1. The smallest absolute Gasteiger partial charge is 0.271 e. The van der Waals surface area contributed by atoms with Crippen LogP contribution >= 0.6 is 0 Å². The average molecular weight is 346 g/mol. The number of nitrogens with zero attached hydrogens (tertiary/aromatic N) is 4. The second kappa shape index (κ2) is 5.40. The molecule has 128 valence electrons. The van der Waals surface area contributed by atoms with Crippen molar-refractivity contribution in [2.75, 3.05) is 6.54 Å². The molecule has 1 aromatic carbocycles. The monoisotopic (exact) mass is 346 g/mol. The molecule has 0 unspecified atom stereocenters. The van der Waals surface area contributed by atoms with E-state index in [1.165, 1.54) is 12.1 Å². The van der Waals surface area contributed by atoms with E-state index in [1.807, 2.05) is 27.7 Å². The van der Waals surface area contributed by atoms with E-state index in [2.05, 4.69) is 4.98 Å². The average Bonchev–Trinajstić information content (AvgIpc) is 3.43. The molecule has 26 heavy (non-hydrogen) atoms. The summed E-state index contributed by atoms with van der Waals surface area (Å²) < 4.78 is 16.2. The van der Waals surface area contributed by atoms with Crippen LogP contribution in [0.1, 0.15) is 28.9 Å². The van der Waals surface area contributed by atoms with Crippen molar-refractivity contribution in [2.45, 2.75) is 25.4 Å². The first-order valence-electron chi connectivity index (χ1n) is 8.67. The summed E-state index contributed by atoms with van der Waals surface area (Å²) in [6.45, 7) is 1.40. The number of rotatable bonds is 2. The van der Waals surface area contributed by atoms with Crippen molar-refractivity contribution >= 4 is 16.9 Å². The van der Waals surface area contributed by atoms with Crippen LogP contribution in [0.25, 0.3) is 22.2 Å². The fourth-order valence-corrected chi connectivity index (χ4v) is 3.84. The van der Waals surface area contributed by atoms with Gasteiger partial charge in [-0.25, -0.2) is 4.39 Å². The molecule has 0 atom stereocenters. The van der Waals surface area contributed by atoms with Gasteiger partial charge in [0.1, 0.15) is 17.6 Å². The maximum absolute atomic E-state index is 14.2. The topological polar surface area (TPSA) is 61.9 Å². The number of aromatic nitrogens is 2. The molecule has 5 nitrogen and oxygen atoms in total. The number of fused-ring (bicyclic) bond motifs is 3. The quantitative estimate of drug-likeness (QED) is 0.715. The third kappa shape index (κ3) is 2.07. The molecule has 0 bridgehead atoms. The lowest BCUT2D eigenvalue weighted by Crippen LogP contribution is -2.41. The fraction of sp³-hybridized carbons (Fsp3) is 0.250. The van der Waals surface area contributed by atoms with E-state index >= 15 is 0 Å². The van der Waals surface area contributed by atoms with Gasteiger partial charge in [-0.05, 0) is 42.7 Å². The van der Waals surface area contributed by atoms with Gasteiger partial charge in [-0.15, -0.1) is 0 Å². The lowest BCUT2D eigenvalue weighted by Gasteiger charge is -2.29. The number of amides is 1. The van der Waals surface area contributed by atoms with E-state index in [9.17, 15) is 9.18 Å². The van der Waals surface area contributed by atoms with Crippen molar-refractivity contribution in [1.82, 2.24) is 14.5 Å². The number of benzene rings is 1. The lowest BCUT2D eigenvalue weighted by atomic mass is 10.0. The van der Waals surface area contributed by atoms with Crippen molar-refractivity contribution in [1.29, 1.82) is 5.26 Å². The Hall–Kier alpha value is -3.20. The van der Waals surface area contributed by atoms with Crippen LogP contribution in [0.3, 0.4) is 0 Å². The van der Waals surface area contributed by atoms with Gasteiger partial charge in [-0.1, -0.05) is 6.07 Å². The third-order valence-corrected chi connectivity index (χ3v) is 5.21. The Labute approximate surface area is 149 Å². The van der Waals surface area contributed by atoms with Gasteiger partial charge in [0.15, 0.2) is 0 Å². The molecule has 1 fully saturated rings. The lowest BCUT2D eigenvalue weighted by molar-refractivity contribution is 0.0694. The molecular weight excluding hydrogens is 331 g/mol. The first-order chi connectivity index (χ1) is 12.7. The Bertz CT molecular complexity index is 1110. The van der Waals surface area contributed by atoms with Crippen molar-refractivity contribution in [3.05, 3.63) is 53.6 Å². The van der Waals surface area contributed by atoms with Crippen LogP contribution in [0.15, 0.2) is 36.5 Å². The summed E-state index contributed by atoms with van der Waals surface area (Å²) in [7, 11) is 0. The molecule has 1 saturated carbocycles. The second-order valence-electron chi connectivity index (χ2n) is 6.78. The maximum Gasteiger partial charge on any atom is 0.271 e. The summed E-state index contributed by atoms with van der Waals surface area (Å²) in [4.78, 5) is 19.6. The van der Waals surface area contributed by atoms with Gasteiger partial charge >= 0.3 is 0 Å². The SMILES string of the molecule is N#Cc1ccc(-c2c3n(c4cccnc24)CCN(C2CC2)C3=O)cc1F. The molecule has 1 aliphatic heterocycles. The zero-order chi connectivity index (χ0) is 17.8. The maximum atomic E-state index is 14.2. The van der Waals surface area contributed by atoms with Gasteiger partial charge < -0.3 is 9.47 Å². The summed E-state index contributed by atoms with van der Waals surface area (Å²) >= 11 is 0. The van der Waals surface area contributed by atoms with Crippen LogP contribution in [-0.4, -0.2) is 32.9 Å². The highest BCUT2D eigenvalue weighted by atomic mass is 19.1. The van der Waals surface area contributed by atoms with Crippen LogP contribution in [0.5, 0.6) is 0 Å². The zero-order valence-electron chi connectivity index (χ0n) is 13.9. The Morgan fingerprint density at radius 3 is 2.81 bits per heavy atom. The van der Waals surface area contributed by atoms with Crippen LogP contribution in [-0.2, 0) is 6.54 Å². The Balaban J connectivity index is 1.78. The highest BCUT2D eigenvalue weighted by Crippen LogP contribution is 2.39. The molecule has 1 amide bonds. The molecular formula is C20H15FN4O. The number of pyridine rings is 1. The molecule has 2 aliphatic rings. The molecule has 0 spiro atoms. The summed E-state index contributed by atoms with van der Waals surface area (Å²) in [5.74, 6) is -0.604. The Kier molecular flexibility index (Phi) is 3.13. The van der Waals surface area contributed by atoms with Crippen molar-refractivity contribution in [3.63, 3.8) is 0 Å². The van der Waals surface area contributed by atoms with Gasteiger partial charge in [0.2, 0.25) is 0 Å². The van der Waals surface area contributed by atoms with Gasteiger partial charge in [-0.2, -0.15) is 5.26 Å². The summed E-state index contributed by atoms with van der Waals surface area (Å²) in [5, 5.41) is 8.98. The first kappa shape index (κ1) is 15.1. The van der Waals surface area contributed by atoms with Crippen LogP contribution in [0.2, 0.25) is 0 Å². The molecule has 3 heterocycles. The van der Waals surface area contributed by atoms with Crippen molar-refractivity contribution in [2.24, 2.45) is 0 Å². The van der Waals surface area contributed by atoms with E-state index < -0.39 is 5.82 Å². The molecule has 0 saturated heterocycles. The largest absolute Gasteiger partial charge is 0.333 e. The summed E-state index contributed by atoms with van der Waals surface area (Å²) in [6, 6.07) is 10.4. The van der Waals surface area contributed by atoms with E-state index in [0.29, 0.717) is 41.5 Å². The van der Waals surface area contributed by atoms with Gasteiger partial charge in [0.25, 0.3) is 5.91 Å². The minimum Gasteiger partial charge on any atom is -0.333 e. The standard InChI is InChI=1S/C20H15FN4O/c21-15-10-12(3-4-13(15)11-22)17-18-16(2-1-7-23-18)25-9-8-24(14-5-6-14)20(26)19(17)25/h1-4,7,10,14H,5-6,8-9H2. The predicted octanol–water partition coefficient (Wildman–Crippen LogP) is 3.33. The van der Waals surface area contributed by atoms with E-state index in [4.69, 9.17) is 5.26 Å². The summed E-state index contributed by atoms with van der Waals surface area (Å²) in [6.07, 6.45) is 3.77. The molecule has 5 rings (SSSR count). The van der Waals surface area contributed by atoms with E-state index in [0.717, 1.165) is 18.4 Å². The van der Waals surface area contributed by atoms with Gasteiger partial charge in [0, 0.05) is 30.9 Å². The minimum atomic E-state index is -0.587. The second-order valence-corrected chi connectivity index (χ2v) is 6.78. The van der Waals surface area contributed by atoms with Crippen molar-refractivity contribution in [3.8, 4) is 17.2 Å². The van der Waals surface area contributed by atoms with Crippen LogP contribution in [0.4, 0.5) is 4.39 Å². The van der Waals surface area contributed by atoms with Crippen molar-refractivity contribution < 1.29 is 9.18 Å². The number of carbonyl (C=O) groups is 1. The van der Waals surface area contributed by atoms with Gasteiger partial charge in [-0.3, -0.25) is 9.78 Å². The fourth-order valence-electron chi connectivity index (χ4n) is 3.84. The summed E-state index contributed by atoms with van der Waals surface area (Å²) in [5.41, 5.74) is 3.36. The molecule has 2 aromatic heterocycles. The number of hydrogen-bond donors (Lipinski definition) is 0. The number of halogens is 1. The molecule has 0 N–H and O–H groups in total. The van der Waals surface area contributed by atoms with Crippen LogP contribution < -0.4 is 0 Å². The molecule has 3 aromatic rings.